The van der Waals surface area contributed by atoms with Gasteiger partial charge in [0.25, 0.3) is 0 Å². The largest absolute Gasteiger partial charge is 0.130 e. The normalized spacial score (nSPS) is 12.5. The van der Waals surface area contributed by atoms with Gasteiger partial charge < -0.3 is 0 Å². The first kappa shape index (κ1) is 17.9. The van der Waals surface area contributed by atoms with Crippen LogP contribution in [0.25, 0.3) is 0 Å². The van der Waals surface area contributed by atoms with Gasteiger partial charge >= 0.3 is 0 Å². The topological polar surface area (TPSA) is 0 Å². The minimum atomic E-state index is -1.49. The van der Waals surface area contributed by atoms with Crippen LogP contribution < -0.4 is 10.4 Å². The summed E-state index contributed by atoms with van der Waals surface area (Å²) in [4.78, 5) is 2.72. The van der Waals surface area contributed by atoms with E-state index in [0.717, 1.165) is 0 Å². The van der Waals surface area contributed by atoms with Crippen molar-refractivity contribution in [2.75, 3.05) is 12.5 Å². The molecule has 0 saturated carbocycles. The van der Waals surface area contributed by atoms with Crippen LogP contribution in [0.2, 0.25) is 26.2 Å². The van der Waals surface area contributed by atoms with Gasteiger partial charge in [0.1, 0.15) is 0 Å². The van der Waals surface area contributed by atoms with Crippen LogP contribution in [0.4, 0.5) is 0 Å². The molecule has 0 spiro atoms. The second-order valence-electron chi connectivity index (χ2n) is 6.71. The smallest absolute Gasteiger partial charge is 0.0791 e. The van der Waals surface area contributed by atoms with Crippen LogP contribution in [0.15, 0.2) is 58.3 Å². The first-order chi connectivity index (χ1) is 10.3. The molecule has 0 heterocycles. The molecule has 0 nitrogen and oxygen atoms in total. The number of benzene rings is 2. The Labute approximate surface area is 145 Å². The molecule has 0 radical (unpaired) electrons. The second-order valence-corrected chi connectivity index (χ2v) is 23.6. The molecule has 2 aromatic rings. The van der Waals surface area contributed by atoms with Gasteiger partial charge in [0, 0.05) is 9.79 Å². The summed E-state index contributed by atoms with van der Waals surface area (Å²) in [5.41, 5.74) is 0. The standard InChI is InChI=1S/C18H26S2Si2/c1-19-15-7-11-17(12-8-15)21(3,4)22(5,6)18-13-9-16(20-2)10-14-18/h7-14H,1-6H3. The Kier molecular flexibility index (Phi) is 5.70. The van der Waals surface area contributed by atoms with Crippen molar-refractivity contribution in [3.8, 4) is 0 Å². The molecule has 2 rings (SSSR count). The summed E-state index contributed by atoms with van der Waals surface area (Å²) in [6.07, 6.45) is 4.28. The van der Waals surface area contributed by atoms with Crippen LogP contribution in [-0.4, -0.2) is 27.7 Å². The number of hydrogen-bond acceptors (Lipinski definition) is 2. The Morgan fingerprint density at radius 2 is 0.818 bits per heavy atom. The molecule has 2 aromatic carbocycles. The van der Waals surface area contributed by atoms with Gasteiger partial charge in [-0.15, -0.1) is 23.5 Å². The van der Waals surface area contributed by atoms with Gasteiger partial charge in [-0.25, -0.2) is 0 Å². The summed E-state index contributed by atoms with van der Waals surface area (Å²) in [6, 6.07) is 18.7. The average Bonchev–Trinajstić information content (AvgIpc) is 2.54. The highest BCUT2D eigenvalue weighted by atomic mass is 32.2. The molecule has 0 aliphatic heterocycles. The van der Waals surface area contributed by atoms with Crippen LogP contribution in [0.5, 0.6) is 0 Å². The zero-order valence-corrected chi connectivity index (χ0v) is 18.1. The van der Waals surface area contributed by atoms with E-state index in [2.05, 4.69) is 87.2 Å². The van der Waals surface area contributed by atoms with Crippen LogP contribution >= 0.6 is 23.5 Å². The molecular weight excluding hydrogens is 337 g/mol. The molecule has 0 aromatic heterocycles. The predicted octanol–water partition coefficient (Wildman–Crippen LogP) is 4.74. The van der Waals surface area contributed by atoms with Crippen molar-refractivity contribution in [3.05, 3.63) is 48.5 Å². The number of rotatable bonds is 5. The van der Waals surface area contributed by atoms with Crippen molar-refractivity contribution in [2.45, 2.75) is 36.0 Å². The summed E-state index contributed by atoms with van der Waals surface area (Å²) in [7, 11) is -2.98. The average molecular weight is 363 g/mol. The Balaban J connectivity index is 2.39. The van der Waals surface area contributed by atoms with E-state index in [1.54, 1.807) is 10.4 Å². The Morgan fingerprint density at radius 1 is 0.545 bits per heavy atom. The highest BCUT2D eigenvalue weighted by molar-refractivity contribution is 7.98. The van der Waals surface area contributed by atoms with Crippen molar-refractivity contribution in [2.24, 2.45) is 0 Å². The molecular formula is C18H26S2Si2. The molecule has 0 saturated heterocycles. The number of hydrogen-bond donors (Lipinski definition) is 0. The molecule has 0 unspecified atom stereocenters. The van der Waals surface area contributed by atoms with Crippen LogP contribution in [0.1, 0.15) is 0 Å². The van der Waals surface area contributed by atoms with Gasteiger partial charge in [-0.1, -0.05) is 60.8 Å². The fourth-order valence-corrected chi connectivity index (χ4v) is 12.3. The molecule has 0 amide bonds. The molecule has 22 heavy (non-hydrogen) atoms. The van der Waals surface area contributed by atoms with Crippen LogP contribution in [0.3, 0.4) is 0 Å². The van der Waals surface area contributed by atoms with E-state index < -0.39 is 15.2 Å². The molecule has 0 aliphatic carbocycles. The van der Waals surface area contributed by atoms with E-state index in [0.29, 0.717) is 0 Å². The summed E-state index contributed by atoms with van der Waals surface area (Å²) in [6.45, 7) is 10.2. The second kappa shape index (κ2) is 6.99. The zero-order valence-electron chi connectivity index (χ0n) is 14.4. The SMILES string of the molecule is CSc1ccc([Si](C)(C)[Si](C)(C)c2ccc(SC)cc2)cc1. The van der Waals surface area contributed by atoms with Gasteiger partial charge in [-0.3, -0.25) is 0 Å². The predicted molar refractivity (Wildman–Crippen MR) is 111 cm³/mol. The minimum Gasteiger partial charge on any atom is -0.130 e. The Morgan fingerprint density at radius 3 is 1.05 bits per heavy atom. The molecule has 4 heteroatoms. The molecule has 118 valence electrons. The van der Waals surface area contributed by atoms with E-state index in [9.17, 15) is 0 Å². The summed E-state index contributed by atoms with van der Waals surface area (Å²) in [5, 5.41) is 3.19. The molecule has 0 fully saturated rings. The van der Waals surface area contributed by atoms with Gasteiger partial charge in [0.15, 0.2) is 0 Å². The Hall–Kier alpha value is -0.426. The Bertz CT molecular complexity index is 559. The minimum absolute atomic E-state index is 1.36. The van der Waals surface area contributed by atoms with E-state index in [1.807, 2.05) is 23.5 Å². The summed E-state index contributed by atoms with van der Waals surface area (Å²) in [5.74, 6) is 0. The molecule has 0 N–H and O–H groups in total. The fraction of sp³-hybridized carbons (Fsp3) is 0.333. The summed E-state index contributed by atoms with van der Waals surface area (Å²) >= 11 is 3.64. The maximum Gasteiger partial charge on any atom is 0.0791 e. The van der Waals surface area contributed by atoms with Gasteiger partial charge in [0.2, 0.25) is 0 Å². The third kappa shape index (κ3) is 3.40. The molecule has 0 atom stereocenters. The van der Waals surface area contributed by atoms with Crippen molar-refractivity contribution in [1.29, 1.82) is 0 Å². The molecule has 0 aliphatic rings. The quantitative estimate of drug-likeness (QED) is 0.556. The highest BCUT2D eigenvalue weighted by Crippen LogP contribution is 2.22. The van der Waals surface area contributed by atoms with Crippen molar-refractivity contribution in [1.82, 2.24) is 0 Å². The van der Waals surface area contributed by atoms with Crippen LogP contribution in [0, 0.1) is 0 Å². The van der Waals surface area contributed by atoms with E-state index >= 15 is 0 Å². The van der Waals surface area contributed by atoms with E-state index in [4.69, 9.17) is 0 Å². The highest BCUT2D eigenvalue weighted by Gasteiger charge is 2.43. The van der Waals surface area contributed by atoms with E-state index in [1.165, 1.54) is 9.79 Å². The lowest BCUT2D eigenvalue weighted by molar-refractivity contribution is 1.47. The van der Waals surface area contributed by atoms with Gasteiger partial charge in [-0.2, -0.15) is 0 Å². The summed E-state index contributed by atoms with van der Waals surface area (Å²) < 4.78 is 0. The zero-order chi connectivity index (χ0) is 16.4. The van der Waals surface area contributed by atoms with Crippen LogP contribution in [-0.2, 0) is 0 Å². The maximum atomic E-state index is 2.55. The van der Waals surface area contributed by atoms with Crippen molar-refractivity contribution in [3.63, 3.8) is 0 Å². The lowest BCUT2D eigenvalue weighted by atomic mass is 10.4. The lowest BCUT2D eigenvalue weighted by Gasteiger charge is -2.39. The van der Waals surface area contributed by atoms with Crippen molar-refractivity contribution >= 4 is 49.1 Å². The first-order valence-corrected chi connectivity index (χ1v) is 17.1. The number of thioether (sulfide) groups is 2. The maximum absolute atomic E-state index is 2.55. The van der Waals surface area contributed by atoms with E-state index in [-0.39, 0.29) is 0 Å². The monoisotopic (exact) mass is 362 g/mol. The third-order valence-corrected chi connectivity index (χ3v) is 24.5. The van der Waals surface area contributed by atoms with Crippen molar-refractivity contribution < 1.29 is 0 Å². The first-order valence-electron chi connectivity index (χ1n) is 7.62. The molecule has 0 bridgehead atoms. The fourth-order valence-electron chi connectivity index (χ4n) is 2.74. The lowest BCUT2D eigenvalue weighted by Crippen LogP contribution is -2.69. The van der Waals surface area contributed by atoms with Gasteiger partial charge in [-0.05, 0) is 36.8 Å². The van der Waals surface area contributed by atoms with Gasteiger partial charge in [0.05, 0.1) is 15.2 Å². The third-order valence-electron chi connectivity index (χ3n) is 5.19.